The van der Waals surface area contributed by atoms with Crippen molar-refractivity contribution in [1.82, 2.24) is 15.1 Å². The smallest absolute Gasteiger partial charge is 0.311 e. The van der Waals surface area contributed by atoms with Crippen molar-refractivity contribution >= 4 is 17.3 Å². The van der Waals surface area contributed by atoms with E-state index in [0.717, 1.165) is 0 Å². The lowest BCUT2D eigenvalue weighted by atomic mass is 10.3. The maximum Gasteiger partial charge on any atom is 0.311 e. The van der Waals surface area contributed by atoms with Crippen LogP contribution in [0.15, 0.2) is 23.0 Å². The highest BCUT2D eigenvalue weighted by molar-refractivity contribution is 5.57. The summed E-state index contributed by atoms with van der Waals surface area (Å²) in [5.74, 6) is 0.831. The van der Waals surface area contributed by atoms with Crippen molar-refractivity contribution in [1.29, 1.82) is 0 Å². The summed E-state index contributed by atoms with van der Waals surface area (Å²) in [5, 5.41) is 17.0. The number of nitrogens with zero attached hydrogens (tertiary/aromatic N) is 4. The third kappa shape index (κ3) is 2.70. The Morgan fingerprint density at radius 3 is 2.94 bits per heavy atom. The number of pyridine rings is 1. The third-order valence-electron chi connectivity index (χ3n) is 2.15. The fourth-order valence-corrected chi connectivity index (χ4v) is 1.32. The van der Waals surface area contributed by atoms with Gasteiger partial charge in [-0.05, 0) is 6.07 Å². The molecule has 0 saturated carbocycles. The maximum absolute atomic E-state index is 10.5. The number of nitrogen functional groups attached to an aromatic ring is 1. The Hall–Kier alpha value is -2.71. The molecule has 2 aromatic heterocycles. The van der Waals surface area contributed by atoms with Crippen LogP contribution in [0.25, 0.3) is 0 Å². The molecule has 94 valence electrons. The molecule has 9 heteroatoms. The minimum absolute atomic E-state index is 0.122. The van der Waals surface area contributed by atoms with Gasteiger partial charge in [-0.3, -0.25) is 10.1 Å². The highest BCUT2D eigenvalue weighted by Crippen LogP contribution is 2.20. The van der Waals surface area contributed by atoms with Crippen LogP contribution in [0.3, 0.4) is 0 Å². The van der Waals surface area contributed by atoms with E-state index in [9.17, 15) is 10.1 Å². The first-order chi connectivity index (χ1) is 8.66. The number of nitro groups is 1. The van der Waals surface area contributed by atoms with E-state index in [4.69, 9.17) is 10.3 Å². The molecule has 0 saturated heterocycles. The molecule has 0 aromatic carbocycles. The van der Waals surface area contributed by atoms with E-state index in [1.165, 1.54) is 18.5 Å². The Morgan fingerprint density at radius 1 is 1.50 bits per heavy atom. The Morgan fingerprint density at radius 2 is 2.33 bits per heavy atom. The molecule has 3 N–H and O–H groups in total. The van der Waals surface area contributed by atoms with Crippen LogP contribution in [-0.2, 0) is 6.42 Å². The van der Waals surface area contributed by atoms with E-state index >= 15 is 0 Å². The van der Waals surface area contributed by atoms with Gasteiger partial charge < -0.3 is 15.6 Å². The molecule has 0 atom stereocenters. The molecule has 2 rings (SSSR count). The van der Waals surface area contributed by atoms with Gasteiger partial charge in [-0.15, -0.1) is 0 Å². The second-order valence-electron chi connectivity index (χ2n) is 3.37. The Bertz CT molecular complexity index is 541. The molecule has 2 aromatic rings. The van der Waals surface area contributed by atoms with Gasteiger partial charge in [-0.25, -0.2) is 4.98 Å². The Labute approximate surface area is 101 Å². The number of rotatable bonds is 5. The van der Waals surface area contributed by atoms with Gasteiger partial charge >= 0.3 is 5.69 Å². The molecule has 2 heterocycles. The highest BCUT2D eigenvalue weighted by atomic mass is 16.6. The van der Waals surface area contributed by atoms with E-state index in [2.05, 4.69) is 20.4 Å². The Kier molecular flexibility index (Phi) is 3.32. The van der Waals surface area contributed by atoms with Crippen molar-refractivity contribution in [2.45, 2.75) is 6.42 Å². The number of nitrogens with two attached hydrogens (primary N) is 1. The van der Waals surface area contributed by atoms with Gasteiger partial charge in [0.1, 0.15) is 5.82 Å². The largest absolute Gasteiger partial charge is 0.378 e. The fraction of sp³-hybridized carbons (Fsp3) is 0.222. The molecule has 18 heavy (non-hydrogen) atoms. The van der Waals surface area contributed by atoms with Crippen LogP contribution in [0, 0.1) is 10.1 Å². The van der Waals surface area contributed by atoms with Crippen LogP contribution in [0.2, 0.25) is 0 Å². The summed E-state index contributed by atoms with van der Waals surface area (Å²) in [5.41, 5.74) is 5.24. The highest BCUT2D eigenvalue weighted by Gasteiger charge is 2.12. The van der Waals surface area contributed by atoms with Gasteiger partial charge in [-0.2, -0.15) is 4.98 Å². The second kappa shape index (κ2) is 5.08. The number of hydrogen-bond acceptors (Lipinski definition) is 8. The van der Waals surface area contributed by atoms with Crippen LogP contribution in [0.4, 0.5) is 17.3 Å². The SMILES string of the molecule is Nc1nc(NCCc2ncno2)ccc1[N+](=O)[O-]. The van der Waals surface area contributed by atoms with Crippen LogP contribution < -0.4 is 11.1 Å². The van der Waals surface area contributed by atoms with Gasteiger partial charge in [0.25, 0.3) is 0 Å². The number of hydrogen-bond donors (Lipinski definition) is 2. The predicted molar refractivity (Wildman–Crippen MR) is 61.8 cm³/mol. The average Bonchev–Trinajstić information content (AvgIpc) is 2.81. The van der Waals surface area contributed by atoms with E-state index in [1.54, 1.807) is 0 Å². The number of nitrogens with one attached hydrogen (secondary N) is 1. The Balaban J connectivity index is 1.94. The van der Waals surface area contributed by atoms with Crippen molar-refractivity contribution in [3.63, 3.8) is 0 Å². The predicted octanol–water partition coefficient (Wildman–Crippen LogP) is 0.610. The molecular formula is C9H10N6O3. The normalized spacial score (nSPS) is 10.2. The zero-order valence-corrected chi connectivity index (χ0v) is 9.24. The summed E-state index contributed by atoms with van der Waals surface area (Å²) in [6.45, 7) is 0.506. The molecule has 0 amide bonds. The van der Waals surface area contributed by atoms with Crippen molar-refractivity contribution < 1.29 is 9.45 Å². The second-order valence-corrected chi connectivity index (χ2v) is 3.37. The standard InChI is InChI=1S/C9H10N6O3/c10-9-6(15(16)17)1-2-7(14-9)11-4-3-8-12-5-13-18-8/h1-2,5H,3-4H2,(H3,10,11,14). The fourth-order valence-electron chi connectivity index (χ4n) is 1.32. The van der Waals surface area contributed by atoms with Gasteiger partial charge in [0, 0.05) is 19.0 Å². The average molecular weight is 250 g/mol. The summed E-state index contributed by atoms with van der Waals surface area (Å²) in [6.07, 6.45) is 1.84. The molecule has 0 aliphatic heterocycles. The molecule has 0 unspecified atom stereocenters. The quantitative estimate of drug-likeness (QED) is 0.582. The van der Waals surface area contributed by atoms with E-state index in [-0.39, 0.29) is 11.5 Å². The van der Waals surface area contributed by atoms with Crippen LogP contribution in [-0.4, -0.2) is 26.6 Å². The van der Waals surface area contributed by atoms with Gasteiger partial charge in [0.05, 0.1) is 4.92 Å². The minimum Gasteiger partial charge on any atom is -0.378 e. The first-order valence-corrected chi connectivity index (χ1v) is 5.07. The summed E-state index contributed by atoms with van der Waals surface area (Å²) >= 11 is 0. The van der Waals surface area contributed by atoms with Crippen molar-refractivity contribution in [2.75, 3.05) is 17.6 Å². The van der Waals surface area contributed by atoms with Crippen molar-refractivity contribution in [3.05, 3.63) is 34.5 Å². The molecule has 0 aliphatic carbocycles. The first kappa shape index (κ1) is 11.8. The molecule has 9 nitrogen and oxygen atoms in total. The first-order valence-electron chi connectivity index (χ1n) is 5.07. The topological polar surface area (TPSA) is 133 Å². The lowest BCUT2D eigenvalue weighted by molar-refractivity contribution is -0.384. The van der Waals surface area contributed by atoms with E-state index < -0.39 is 4.92 Å². The lowest BCUT2D eigenvalue weighted by Gasteiger charge is -2.04. The molecule has 0 aliphatic rings. The van der Waals surface area contributed by atoms with Gasteiger partial charge in [0.2, 0.25) is 11.7 Å². The molecule has 0 fully saturated rings. The van der Waals surface area contributed by atoms with E-state index in [0.29, 0.717) is 24.7 Å². The molecular weight excluding hydrogens is 240 g/mol. The summed E-state index contributed by atoms with van der Waals surface area (Å²) in [7, 11) is 0. The van der Waals surface area contributed by atoms with Crippen LogP contribution in [0.5, 0.6) is 0 Å². The van der Waals surface area contributed by atoms with Crippen LogP contribution >= 0.6 is 0 Å². The van der Waals surface area contributed by atoms with Crippen molar-refractivity contribution in [2.24, 2.45) is 0 Å². The summed E-state index contributed by atoms with van der Waals surface area (Å²) in [4.78, 5) is 17.7. The van der Waals surface area contributed by atoms with Gasteiger partial charge in [-0.1, -0.05) is 5.16 Å². The van der Waals surface area contributed by atoms with Crippen LogP contribution in [0.1, 0.15) is 5.89 Å². The monoisotopic (exact) mass is 250 g/mol. The molecule has 0 radical (unpaired) electrons. The maximum atomic E-state index is 10.5. The van der Waals surface area contributed by atoms with Gasteiger partial charge in [0.15, 0.2) is 6.33 Å². The minimum atomic E-state index is -0.579. The molecule has 0 bridgehead atoms. The number of aromatic nitrogens is 3. The zero-order valence-electron chi connectivity index (χ0n) is 9.24. The summed E-state index contributed by atoms with van der Waals surface area (Å²) in [6, 6.07) is 2.79. The third-order valence-corrected chi connectivity index (χ3v) is 2.15. The zero-order chi connectivity index (χ0) is 13.0. The van der Waals surface area contributed by atoms with E-state index in [1.807, 2.05) is 0 Å². The lowest BCUT2D eigenvalue weighted by Crippen LogP contribution is -2.08. The number of anilines is 2. The van der Waals surface area contributed by atoms with Crippen molar-refractivity contribution in [3.8, 4) is 0 Å². The molecule has 0 spiro atoms. The summed E-state index contributed by atoms with van der Waals surface area (Å²) < 4.78 is 4.81.